The minimum Gasteiger partial charge on any atom is -0.493 e. The Morgan fingerprint density at radius 2 is 2.00 bits per heavy atom. The van der Waals surface area contributed by atoms with Crippen LogP contribution in [0.3, 0.4) is 0 Å². The van der Waals surface area contributed by atoms with Crippen molar-refractivity contribution in [2.45, 2.75) is 32.7 Å². The Morgan fingerprint density at radius 3 is 2.73 bits per heavy atom. The Kier molecular flexibility index (Phi) is 5.30. The number of methoxy groups -OCH3 is 2. The molecule has 2 N–H and O–H groups in total. The van der Waals surface area contributed by atoms with Crippen LogP contribution < -0.4 is 20.3 Å². The number of ether oxygens (including phenoxy) is 2. The zero-order valence-electron chi connectivity index (χ0n) is 15.3. The summed E-state index contributed by atoms with van der Waals surface area (Å²) in [6.07, 6.45) is 2.81. The van der Waals surface area contributed by atoms with E-state index < -0.39 is 0 Å². The van der Waals surface area contributed by atoms with Crippen LogP contribution in [-0.4, -0.2) is 25.1 Å². The number of benzene rings is 1. The van der Waals surface area contributed by atoms with E-state index in [0.717, 1.165) is 36.1 Å². The van der Waals surface area contributed by atoms with E-state index in [-0.39, 0.29) is 17.0 Å². The molecular weight excluding hydrogens is 332 g/mol. The summed E-state index contributed by atoms with van der Waals surface area (Å²) in [5, 5.41) is 2.81. The fourth-order valence-electron chi connectivity index (χ4n) is 3.32. The highest BCUT2D eigenvalue weighted by Crippen LogP contribution is 2.27. The number of hydrogen-bond donors (Lipinski definition) is 2. The molecule has 1 aliphatic rings. The quantitative estimate of drug-likeness (QED) is 0.862. The van der Waals surface area contributed by atoms with Crippen molar-refractivity contribution in [1.29, 1.82) is 0 Å². The third-order valence-corrected chi connectivity index (χ3v) is 4.82. The smallest absolute Gasteiger partial charge is 0.261 e. The van der Waals surface area contributed by atoms with E-state index in [1.165, 1.54) is 0 Å². The lowest BCUT2D eigenvalue weighted by molar-refractivity contribution is 0.0949. The minimum absolute atomic E-state index is 0.165. The summed E-state index contributed by atoms with van der Waals surface area (Å²) in [5.41, 5.74) is 2.73. The van der Waals surface area contributed by atoms with Gasteiger partial charge in [-0.1, -0.05) is 13.0 Å². The van der Waals surface area contributed by atoms with Crippen LogP contribution in [0.2, 0.25) is 0 Å². The van der Waals surface area contributed by atoms with E-state index in [2.05, 4.69) is 17.2 Å². The number of hydrogen-bond acceptors (Lipinski definition) is 4. The third kappa shape index (κ3) is 3.74. The number of H-pyrrole nitrogens is 1. The second-order valence-corrected chi connectivity index (χ2v) is 6.74. The molecule has 3 rings (SSSR count). The third-order valence-electron chi connectivity index (χ3n) is 4.82. The van der Waals surface area contributed by atoms with Crippen molar-refractivity contribution >= 4 is 5.91 Å². The van der Waals surface area contributed by atoms with E-state index >= 15 is 0 Å². The monoisotopic (exact) mass is 356 g/mol. The van der Waals surface area contributed by atoms with Gasteiger partial charge in [0.25, 0.3) is 11.5 Å². The first-order valence-electron chi connectivity index (χ1n) is 8.76. The first-order valence-corrected chi connectivity index (χ1v) is 8.76. The van der Waals surface area contributed by atoms with Crippen molar-refractivity contribution in [3.05, 3.63) is 57.0 Å². The predicted molar refractivity (Wildman–Crippen MR) is 99.0 cm³/mol. The number of carbonyl (C=O) groups is 1. The highest BCUT2D eigenvalue weighted by atomic mass is 16.5. The number of carbonyl (C=O) groups excluding carboxylic acids is 1. The summed E-state index contributed by atoms with van der Waals surface area (Å²) in [6, 6.07) is 7.18. The lowest BCUT2D eigenvalue weighted by atomic mass is 9.87. The normalized spacial score (nSPS) is 15.9. The number of aromatic nitrogens is 1. The zero-order chi connectivity index (χ0) is 18.7. The van der Waals surface area contributed by atoms with Gasteiger partial charge in [-0.15, -0.1) is 0 Å². The van der Waals surface area contributed by atoms with Gasteiger partial charge in [0.1, 0.15) is 5.56 Å². The first-order chi connectivity index (χ1) is 12.5. The van der Waals surface area contributed by atoms with Gasteiger partial charge in [-0.3, -0.25) is 9.59 Å². The molecule has 1 atom stereocenters. The topological polar surface area (TPSA) is 80.4 Å². The van der Waals surface area contributed by atoms with Crippen LogP contribution in [0.15, 0.2) is 29.1 Å². The zero-order valence-corrected chi connectivity index (χ0v) is 15.3. The second-order valence-electron chi connectivity index (χ2n) is 6.74. The van der Waals surface area contributed by atoms with E-state index in [4.69, 9.17) is 9.47 Å². The Balaban J connectivity index is 1.75. The van der Waals surface area contributed by atoms with E-state index in [1.54, 1.807) is 32.4 Å². The van der Waals surface area contributed by atoms with E-state index in [9.17, 15) is 9.59 Å². The molecule has 1 amide bonds. The highest BCUT2D eigenvalue weighted by Gasteiger charge is 2.20. The molecule has 1 aliphatic carbocycles. The minimum atomic E-state index is -0.373. The highest BCUT2D eigenvalue weighted by molar-refractivity contribution is 5.94. The summed E-state index contributed by atoms with van der Waals surface area (Å²) in [7, 11) is 3.14. The Labute approximate surface area is 152 Å². The molecule has 1 unspecified atom stereocenters. The van der Waals surface area contributed by atoms with Crippen molar-refractivity contribution in [3.63, 3.8) is 0 Å². The number of rotatable bonds is 5. The maximum absolute atomic E-state index is 12.5. The van der Waals surface area contributed by atoms with Gasteiger partial charge in [0, 0.05) is 12.2 Å². The Morgan fingerprint density at radius 1 is 1.23 bits per heavy atom. The molecular formula is C20H24N2O4. The lowest BCUT2D eigenvalue weighted by Gasteiger charge is -2.21. The number of fused-ring (bicyclic) bond motifs is 1. The summed E-state index contributed by atoms with van der Waals surface area (Å²) >= 11 is 0. The van der Waals surface area contributed by atoms with Crippen LogP contribution in [0.5, 0.6) is 11.5 Å². The second kappa shape index (κ2) is 7.64. The van der Waals surface area contributed by atoms with Gasteiger partial charge in [0.05, 0.1) is 14.2 Å². The molecule has 0 aliphatic heterocycles. The molecule has 0 radical (unpaired) electrons. The molecule has 0 saturated carbocycles. The molecule has 6 heteroatoms. The van der Waals surface area contributed by atoms with Gasteiger partial charge >= 0.3 is 0 Å². The van der Waals surface area contributed by atoms with Crippen molar-refractivity contribution in [1.82, 2.24) is 10.3 Å². The summed E-state index contributed by atoms with van der Waals surface area (Å²) < 4.78 is 10.5. The Bertz CT molecular complexity index is 873. The van der Waals surface area contributed by atoms with Crippen LogP contribution in [0, 0.1) is 5.92 Å². The van der Waals surface area contributed by atoms with Gasteiger partial charge in [-0.2, -0.15) is 0 Å². The molecule has 2 aromatic rings. The van der Waals surface area contributed by atoms with Crippen LogP contribution in [0.4, 0.5) is 0 Å². The SMILES string of the molecule is COc1ccc(CNC(=O)c2cc3c([nH]c2=O)CCC(C)C3)cc1OC. The van der Waals surface area contributed by atoms with Crippen molar-refractivity contribution < 1.29 is 14.3 Å². The fourth-order valence-corrected chi connectivity index (χ4v) is 3.32. The van der Waals surface area contributed by atoms with Crippen LogP contribution in [0.25, 0.3) is 0 Å². The molecule has 26 heavy (non-hydrogen) atoms. The van der Waals surface area contributed by atoms with Gasteiger partial charge in [0.15, 0.2) is 11.5 Å². The van der Waals surface area contributed by atoms with E-state index in [0.29, 0.717) is 24.0 Å². The number of pyridine rings is 1. The summed E-state index contributed by atoms with van der Waals surface area (Å²) in [4.78, 5) is 27.6. The number of amides is 1. The average molecular weight is 356 g/mol. The Hall–Kier alpha value is -2.76. The molecule has 0 bridgehead atoms. The summed E-state index contributed by atoms with van der Waals surface area (Å²) in [5.74, 6) is 1.42. The summed E-state index contributed by atoms with van der Waals surface area (Å²) in [6.45, 7) is 2.48. The number of aryl methyl sites for hydroxylation is 1. The van der Waals surface area contributed by atoms with E-state index in [1.807, 2.05) is 6.07 Å². The van der Waals surface area contributed by atoms with Crippen LogP contribution in [-0.2, 0) is 19.4 Å². The van der Waals surface area contributed by atoms with Gasteiger partial charge in [0.2, 0.25) is 0 Å². The molecule has 1 heterocycles. The molecule has 138 valence electrons. The van der Waals surface area contributed by atoms with Crippen LogP contribution >= 0.6 is 0 Å². The van der Waals surface area contributed by atoms with Crippen molar-refractivity contribution in [3.8, 4) is 11.5 Å². The molecule has 0 saturated heterocycles. The van der Waals surface area contributed by atoms with Gasteiger partial charge < -0.3 is 19.8 Å². The van der Waals surface area contributed by atoms with Gasteiger partial charge in [-0.05, 0) is 54.5 Å². The maximum atomic E-state index is 12.5. The molecule has 1 aromatic carbocycles. The number of aromatic amines is 1. The standard InChI is InChI=1S/C20H24N2O4/c1-12-4-6-16-14(8-12)10-15(20(24)22-16)19(23)21-11-13-5-7-17(25-2)18(9-13)26-3/h5,7,9-10,12H,4,6,8,11H2,1-3H3,(H,21,23)(H,22,24). The first kappa shape index (κ1) is 18.0. The molecule has 6 nitrogen and oxygen atoms in total. The largest absolute Gasteiger partial charge is 0.493 e. The van der Waals surface area contributed by atoms with Crippen LogP contribution in [0.1, 0.15) is 40.5 Å². The maximum Gasteiger partial charge on any atom is 0.261 e. The molecule has 0 spiro atoms. The predicted octanol–water partition coefficient (Wildman–Crippen LogP) is 2.45. The number of nitrogens with one attached hydrogen (secondary N) is 2. The average Bonchev–Trinajstić information content (AvgIpc) is 2.65. The van der Waals surface area contributed by atoms with Gasteiger partial charge in [-0.25, -0.2) is 0 Å². The van der Waals surface area contributed by atoms with Crippen molar-refractivity contribution in [2.75, 3.05) is 14.2 Å². The fraction of sp³-hybridized carbons (Fsp3) is 0.400. The lowest BCUT2D eigenvalue weighted by Crippen LogP contribution is -2.31. The van der Waals surface area contributed by atoms with Crippen molar-refractivity contribution in [2.24, 2.45) is 5.92 Å². The molecule has 1 aromatic heterocycles. The molecule has 0 fully saturated rings.